The first kappa shape index (κ1) is 7.94. The van der Waals surface area contributed by atoms with Crippen molar-refractivity contribution in [3.05, 3.63) is 0 Å². The number of hydrogen-bond acceptors (Lipinski definition) is 4. The predicted molar refractivity (Wildman–Crippen MR) is 40.7 cm³/mol. The van der Waals surface area contributed by atoms with Crippen LogP contribution in [-0.2, 0) is 9.53 Å². The van der Waals surface area contributed by atoms with Crippen LogP contribution in [0.2, 0.25) is 0 Å². The van der Waals surface area contributed by atoms with Crippen molar-refractivity contribution in [2.24, 2.45) is 16.1 Å². The van der Waals surface area contributed by atoms with E-state index in [0.29, 0.717) is 6.54 Å². The average Bonchev–Trinajstić information content (AvgIpc) is 2.51. The summed E-state index contributed by atoms with van der Waals surface area (Å²) in [5.74, 6) is -0.508. The van der Waals surface area contributed by atoms with E-state index < -0.39 is 11.2 Å². The molecular weight excluding hydrogens is 182 g/mol. The molecule has 1 fully saturated rings. The Bertz CT molecular complexity index is 257. The number of rotatable bonds is 1. The number of ether oxygens (including phenoxy) is 1. The quantitative estimate of drug-likeness (QED) is 0.470. The Balaban J connectivity index is 2.33. The summed E-state index contributed by atoms with van der Waals surface area (Å²) in [6, 6.07) is 0. The molecule has 6 heteroatoms. The number of fused-ring (bicyclic) bond motifs is 1. The second-order valence-electron chi connectivity index (χ2n) is 2.83. The van der Waals surface area contributed by atoms with Gasteiger partial charge in [-0.25, -0.2) is 0 Å². The van der Waals surface area contributed by atoms with Crippen molar-refractivity contribution in [3.8, 4) is 0 Å². The third-order valence-corrected chi connectivity index (χ3v) is 2.71. The van der Waals surface area contributed by atoms with Crippen molar-refractivity contribution in [2.75, 3.05) is 13.7 Å². The number of nitrogens with one attached hydrogen (secondary N) is 1. The van der Waals surface area contributed by atoms with Crippen molar-refractivity contribution in [1.82, 2.24) is 5.32 Å². The first-order chi connectivity index (χ1) is 5.68. The summed E-state index contributed by atoms with van der Waals surface area (Å²) in [6.45, 7) is 0.356. The fraction of sp³-hybridized carbons (Fsp3) is 0.833. The van der Waals surface area contributed by atoms with Gasteiger partial charge in [-0.15, -0.1) is 0 Å². The van der Waals surface area contributed by atoms with E-state index in [-0.39, 0.29) is 11.8 Å². The van der Waals surface area contributed by atoms with Crippen LogP contribution in [0.5, 0.6) is 0 Å². The van der Waals surface area contributed by atoms with Gasteiger partial charge >= 0.3 is 0 Å². The monoisotopic (exact) mass is 189 g/mol. The highest BCUT2D eigenvalue weighted by Crippen LogP contribution is 2.40. The zero-order valence-electron chi connectivity index (χ0n) is 6.45. The summed E-state index contributed by atoms with van der Waals surface area (Å²) in [7, 11) is 1.48. The van der Waals surface area contributed by atoms with E-state index in [9.17, 15) is 4.79 Å². The maximum atomic E-state index is 11.2. The van der Waals surface area contributed by atoms with Crippen LogP contribution in [0.15, 0.2) is 10.2 Å². The minimum absolute atomic E-state index is 0.137. The van der Waals surface area contributed by atoms with E-state index in [2.05, 4.69) is 15.5 Å². The molecule has 0 radical (unpaired) electrons. The molecule has 0 aliphatic carbocycles. The number of carbonyl (C=O) groups excluding carboxylic acids is 1. The SMILES string of the molecule is CO[C@H]1NC(=O)[C@H]2CN=N[C@@]12Cl. The molecule has 0 spiro atoms. The normalized spacial score (nSPS) is 44.7. The van der Waals surface area contributed by atoms with E-state index >= 15 is 0 Å². The third kappa shape index (κ3) is 0.804. The van der Waals surface area contributed by atoms with E-state index in [1.54, 1.807) is 0 Å². The molecule has 66 valence electrons. The first-order valence-electron chi connectivity index (χ1n) is 3.59. The topological polar surface area (TPSA) is 63.0 Å². The average molecular weight is 190 g/mol. The van der Waals surface area contributed by atoms with E-state index in [0.717, 1.165) is 0 Å². The minimum Gasteiger partial charge on any atom is -0.358 e. The van der Waals surface area contributed by atoms with E-state index in [4.69, 9.17) is 16.3 Å². The summed E-state index contributed by atoms with van der Waals surface area (Å²) in [6.07, 6.45) is -0.553. The van der Waals surface area contributed by atoms with Gasteiger partial charge in [-0.3, -0.25) is 4.79 Å². The molecule has 0 unspecified atom stereocenters. The Labute approximate surface area is 74.1 Å². The van der Waals surface area contributed by atoms with Gasteiger partial charge in [0, 0.05) is 7.11 Å². The summed E-state index contributed by atoms with van der Waals surface area (Å²) in [5.41, 5.74) is 0. The lowest BCUT2D eigenvalue weighted by Crippen LogP contribution is -2.39. The lowest BCUT2D eigenvalue weighted by molar-refractivity contribution is -0.123. The van der Waals surface area contributed by atoms with Crippen LogP contribution < -0.4 is 5.32 Å². The highest BCUT2D eigenvalue weighted by Gasteiger charge is 2.58. The highest BCUT2D eigenvalue weighted by molar-refractivity contribution is 6.27. The molecule has 0 aromatic rings. The van der Waals surface area contributed by atoms with Gasteiger partial charge in [0.15, 0.2) is 6.23 Å². The van der Waals surface area contributed by atoms with E-state index in [1.807, 2.05) is 0 Å². The number of hydrogen-bond donors (Lipinski definition) is 1. The molecule has 2 rings (SSSR count). The number of azo groups is 1. The second-order valence-corrected chi connectivity index (χ2v) is 3.43. The molecule has 0 saturated carbocycles. The van der Waals surface area contributed by atoms with Crippen molar-refractivity contribution in [1.29, 1.82) is 0 Å². The van der Waals surface area contributed by atoms with Crippen LogP contribution in [0.4, 0.5) is 0 Å². The van der Waals surface area contributed by atoms with Gasteiger partial charge in [0.05, 0.1) is 6.54 Å². The standard InChI is InChI=1S/C6H8ClN3O2/c1-12-5-6(7)3(2-8-10-6)4(11)9-5/h3,5H,2H2,1H3,(H,9,11)/t3-,5-,6-/m1/s1. The molecule has 5 nitrogen and oxygen atoms in total. The molecule has 1 saturated heterocycles. The largest absolute Gasteiger partial charge is 0.358 e. The first-order valence-corrected chi connectivity index (χ1v) is 3.97. The van der Waals surface area contributed by atoms with Gasteiger partial charge in [-0.2, -0.15) is 10.2 Å². The van der Waals surface area contributed by atoms with Crippen LogP contribution in [0.25, 0.3) is 0 Å². The Kier molecular flexibility index (Phi) is 1.59. The molecule has 2 aliphatic rings. The predicted octanol–water partition coefficient (Wildman–Crippen LogP) is 0.106. The zero-order chi connectivity index (χ0) is 8.77. The number of amides is 1. The molecule has 3 atom stereocenters. The maximum absolute atomic E-state index is 11.2. The number of carbonyl (C=O) groups is 1. The Morgan fingerprint density at radius 2 is 2.58 bits per heavy atom. The van der Waals surface area contributed by atoms with Gasteiger partial charge in [0.25, 0.3) is 0 Å². The lowest BCUT2D eigenvalue weighted by atomic mass is 10.0. The summed E-state index contributed by atoms with van der Waals surface area (Å²) in [5, 5.41) is 10.2. The molecule has 0 aromatic heterocycles. The van der Waals surface area contributed by atoms with Crippen molar-refractivity contribution >= 4 is 17.5 Å². The highest BCUT2D eigenvalue weighted by atomic mass is 35.5. The van der Waals surface area contributed by atoms with Crippen molar-refractivity contribution in [3.63, 3.8) is 0 Å². The van der Waals surface area contributed by atoms with Gasteiger partial charge in [-0.05, 0) is 0 Å². The van der Waals surface area contributed by atoms with Crippen molar-refractivity contribution < 1.29 is 9.53 Å². The summed E-state index contributed by atoms with van der Waals surface area (Å²) >= 11 is 6.06. The molecule has 1 amide bonds. The molecule has 0 bridgehead atoms. The zero-order valence-corrected chi connectivity index (χ0v) is 7.21. The number of halogens is 1. The molecule has 0 aromatic carbocycles. The fourth-order valence-electron chi connectivity index (χ4n) is 1.49. The lowest BCUT2D eigenvalue weighted by Gasteiger charge is -2.20. The van der Waals surface area contributed by atoms with Gasteiger partial charge in [0.1, 0.15) is 5.92 Å². The van der Waals surface area contributed by atoms with Crippen LogP contribution in [0.1, 0.15) is 0 Å². The Morgan fingerprint density at radius 1 is 1.83 bits per heavy atom. The number of methoxy groups -OCH3 is 1. The smallest absolute Gasteiger partial charge is 0.231 e. The molecule has 2 aliphatic heterocycles. The molecule has 2 heterocycles. The van der Waals surface area contributed by atoms with Crippen LogP contribution in [0.3, 0.4) is 0 Å². The van der Waals surface area contributed by atoms with Gasteiger partial charge in [-0.1, -0.05) is 11.6 Å². The second kappa shape index (κ2) is 2.40. The molecule has 1 N–H and O–H groups in total. The van der Waals surface area contributed by atoms with Gasteiger partial charge in [0.2, 0.25) is 10.9 Å². The molecule has 12 heavy (non-hydrogen) atoms. The van der Waals surface area contributed by atoms with E-state index in [1.165, 1.54) is 7.11 Å². The van der Waals surface area contributed by atoms with Crippen molar-refractivity contribution in [2.45, 2.75) is 11.2 Å². The maximum Gasteiger partial charge on any atom is 0.231 e. The number of nitrogens with zero attached hydrogens (tertiary/aromatic N) is 2. The van der Waals surface area contributed by atoms with Crippen LogP contribution in [0, 0.1) is 5.92 Å². The third-order valence-electron chi connectivity index (χ3n) is 2.17. The Hall–Kier alpha value is -0.680. The molecular formula is C6H8ClN3O2. The Morgan fingerprint density at radius 3 is 3.25 bits per heavy atom. The summed E-state index contributed by atoms with van der Waals surface area (Å²) < 4.78 is 4.98. The van der Waals surface area contributed by atoms with Crippen LogP contribution >= 0.6 is 11.6 Å². The fourth-order valence-corrected chi connectivity index (χ4v) is 1.85. The minimum atomic E-state index is -1.01. The van der Waals surface area contributed by atoms with Crippen LogP contribution in [-0.4, -0.2) is 30.8 Å². The number of alkyl halides is 1. The van der Waals surface area contributed by atoms with Gasteiger partial charge < -0.3 is 10.1 Å². The summed E-state index contributed by atoms with van der Waals surface area (Å²) in [4.78, 5) is 10.2.